The Morgan fingerprint density at radius 3 is 2.56 bits per heavy atom. The standard InChI is InChI=1S/C21H23N3O3/c25-20-13-16(15-24(20)17-5-2-1-3-6-17)21(26)23-11-8-18(9-12-23)27-19-7-4-10-22-14-19/h1-7,10,14,16,18H,8-9,11-13,15H2. The van der Waals surface area contributed by atoms with E-state index in [1.54, 1.807) is 17.3 Å². The number of benzene rings is 1. The van der Waals surface area contributed by atoms with Gasteiger partial charge in [0.2, 0.25) is 11.8 Å². The number of aromatic nitrogens is 1. The molecule has 6 heteroatoms. The van der Waals surface area contributed by atoms with Crippen molar-refractivity contribution >= 4 is 17.5 Å². The zero-order chi connectivity index (χ0) is 18.6. The molecule has 0 radical (unpaired) electrons. The van der Waals surface area contributed by atoms with E-state index in [4.69, 9.17) is 4.74 Å². The first-order valence-corrected chi connectivity index (χ1v) is 9.41. The van der Waals surface area contributed by atoms with Crippen molar-refractivity contribution in [1.29, 1.82) is 0 Å². The van der Waals surface area contributed by atoms with Gasteiger partial charge >= 0.3 is 0 Å². The van der Waals surface area contributed by atoms with Gasteiger partial charge in [-0.3, -0.25) is 14.6 Å². The number of pyridine rings is 1. The number of nitrogens with zero attached hydrogens (tertiary/aromatic N) is 3. The Morgan fingerprint density at radius 1 is 1.07 bits per heavy atom. The second kappa shape index (κ2) is 7.78. The molecule has 0 N–H and O–H groups in total. The number of carbonyl (C=O) groups excluding carboxylic acids is 2. The first-order valence-electron chi connectivity index (χ1n) is 9.41. The van der Waals surface area contributed by atoms with Crippen molar-refractivity contribution in [1.82, 2.24) is 9.88 Å². The van der Waals surface area contributed by atoms with E-state index in [1.807, 2.05) is 47.4 Å². The molecule has 2 aliphatic heterocycles. The minimum absolute atomic E-state index is 0.0225. The Hall–Kier alpha value is -2.89. The van der Waals surface area contributed by atoms with Gasteiger partial charge in [0.1, 0.15) is 11.9 Å². The average Bonchev–Trinajstić information content (AvgIpc) is 3.11. The smallest absolute Gasteiger partial charge is 0.228 e. The number of likely N-dealkylation sites (tertiary alicyclic amines) is 1. The van der Waals surface area contributed by atoms with Crippen LogP contribution in [0.15, 0.2) is 54.9 Å². The molecule has 3 heterocycles. The Morgan fingerprint density at radius 2 is 1.85 bits per heavy atom. The molecule has 4 rings (SSSR count). The normalized spacial score (nSPS) is 20.7. The molecule has 2 amide bonds. The average molecular weight is 365 g/mol. The monoisotopic (exact) mass is 365 g/mol. The van der Waals surface area contributed by atoms with Gasteiger partial charge in [-0.05, 0) is 24.3 Å². The fraction of sp³-hybridized carbons (Fsp3) is 0.381. The van der Waals surface area contributed by atoms with Crippen LogP contribution in [0.3, 0.4) is 0 Å². The van der Waals surface area contributed by atoms with E-state index in [1.165, 1.54) is 0 Å². The minimum atomic E-state index is -0.256. The third-order valence-corrected chi connectivity index (χ3v) is 5.23. The summed E-state index contributed by atoms with van der Waals surface area (Å²) in [5.74, 6) is 0.617. The molecule has 1 unspecified atom stereocenters. The summed E-state index contributed by atoms with van der Waals surface area (Å²) in [7, 11) is 0. The van der Waals surface area contributed by atoms with Crippen molar-refractivity contribution in [3.63, 3.8) is 0 Å². The summed E-state index contributed by atoms with van der Waals surface area (Å²) in [6.07, 6.45) is 5.41. The Balaban J connectivity index is 1.31. The van der Waals surface area contributed by atoms with Crippen molar-refractivity contribution < 1.29 is 14.3 Å². The van der Waals surface area contributed by atoms with Crippen LogP contribution < -0.4 is 9.64 Å². The molecule has 1 aromatic heterocycles. The van der Waals surface area contributed by atoms with Crippen LogP contribution in [0, 0.1) is 5.92 Å². The van der Waals surface area contributed by atoms with Crippen molar-refractivity contribution in [3.05, 3.63) is 54.9 Å². The lowest BCUT2D eigenvalue weighted by Crippen LogP contribution is -2.44. The molecule has 2 fully saturated rings. The lowest BCUT2D eigenvalue weighted by Gasteiger charge is -2.33. The number of ether oxygens (including phenoxy) is 1. The van der Waals surface area contributed by atoms with Gasteiger partial charge in [-0.25, -0.2) is 0 Å². The third-order valence-electron chi connectivity index (χ3n) is 5.23. The lowest BCUT2D eigenvalue weighted by atomic mass is 10.0. The summed E-state index contributed by atoms with van der Waals surface area (Å²) in [5.41, 5.74) is 0.862. The van der Waals surface area contributed by atoms with Gasteiger partial charge in [0.05, 0.1) is 12.1 Å². The third kappa shape index (κ3) is 3.94. The second-order valence-corrected chi connectivity index (χ2v) is 7.07. The number of anilines is 1. The summed E-state index contributed by atoms with van der Waals surface area (Å²) in [4.78, 5) is 32.9. The number of para-hydroxylation sites is 1. The SMILES string of the molecule is O=C(C1CC(=O)N(c2ccccc2)C1)N1CCC(Oc2cccnc2)CC1. The summed E-state index contributed by atoms with van der Waals surface area (Å²) < 4.78 is 5.94. The van der Waals surface area contributed by atoms with Gasteiger partial charge in [-0.1, -0.05) is 18.2 Å². The number of amides is 2. The first-order chi connectivity index (χ1) is 13.2. The molecule has 1 atom stereocenters. The molecule has 0 bridgehead atoms. The molecule has 2 aromatic rings. The molecule has 2 aliphatic rings. The van der Waals surface area contributed by atoms with E-state index in [0.717, 1.165) is 24.3 Å². The summed E-state index contributed by atoms with van der Waals surface area (Å²) >= 11 is 0. The molecule has 0 spiro atoms. The number of hydrogen-bond donors (Lipinski definition) is 0. The number of carbonyl (C=O) groups is 2. The second-order valence-electron chi connectivity index (χ2n) is 7.07. The minimum Gasteiger partial charge on any atom is -0.489 e. The first kappa shape index (κ1) is 17.5. The summed E-state index contributed by atoms with van der Waals surface area (Å²) in [6.45, 7) is 1.80. The molecular weight excluding hydrogens is 342 g/mol. The van der Waals surface area contributed by atoms with Crippen LogP contribution >= 0.6 is 0 Å². The molecule has 6 nitrogen and oxygen atoms in total. The predicted octanol–water partition coefficient (Wildman–Crippen LogP) is 2.50. The van der Waals surface area contributed by atoms with E-state index in [2.05, 4.69) is 4.98 Å². The van der Waals surface area contributed by atoms with Gasteiger partial charge in [0.15, 0.2) is 0 Å². The van der Waals surface area contributed by atoms with Crippen LogP contribution in [0.25, 0.3) is 0 Å². The van der Waals surface area contributed by atoms with E-state index in [9.17, 15) is 9.59 Å². The maximum absolute atomic E-state index is 12.9. The fourth-order valence-electron chi connectivity index (χ4n) is 3.79. The largest absolute Gasteiger partial charge is 0.489 e. The Bertz CT molecular complexity index is 789. The number of rotatable bonds is 4. The molecular formula is C21H23N3O3. The molecule has 140 valence electrons. The van der Waals surface area contributed by atoms with Crippen molar-refractivity contribution in [2.75, 3.05) is 24.5 Å². The van der Waals surface area contributed by atoms with E-state index in [-0.39, 0.29) is 23.8 Å². The molecule has 1 aromatic carbocycles. The molecule has 0 saturated carbocycles. The van der Waals surface area contributed by atoms with Crippen LogP contribution in [0.2, 0.25) is 0 Å². The van der Waals surface area contributed by atoms with E-state index >= 15 is 0 Å². The summed E-state index contributed by atoms with van der Waals surface area (Å²) in [6, 6.07) is 13.3. The van der Waals surface area contributed by atoms with Gasteiger partial charge in [-0.15, -0.1) is 0 Å². The zero-order valence-electron chi connectivity index (χ0n) is 15.2. The summed E-state index contributed by atoms with van der Waals surface area (Å²) in [5, 5.41) is 0. The number of piperidine rings is 1. The Labute approximate surface area is 158 Å². The quantitative estimate of drug-likeness (QED) is 0.835. The highest BCUT2D eigenvalue weighted by Crippen LogP contribution is 2.27. The molecule has 2 saturated heterocycles. The Kier molecular flexibility index (Phi) is 5.05. The van der Waals surface area contributed by atoms with Crippen LogP contribution in [0.4, 0.5) is 5.69 Å². The maximum Gasteiger partial charge on any atom is 0.228 e. The van der Waals surface area contributed by atoms with Crippen molar-refractivity contribution in [3.8, 4) is 5.75 Å². The highest BCUT2D eigenvalue weighted by atomic mass is 16.5. The van der Waals surface area contributed by atoms with Crippen LogP contribution in [0.1, 0.15) is 19.3 Å². The topological polar surface area (TPSA) is 62.7 Å². The van der Waals surface area contributed by atoms with Crippen LogP contribution in [0.5, 0.6) is 5.75 Å². The zero-order valence-corrected chi connectivity index (χ0v) is 15.2. The van der Waals surface area contributed by atoms with Crippen molar-refractivity contribution in [2.24, 2.45) is 5.92 Å². The van der Waals surface area contributed by atoms with Gasteiger partial charge < -0.3 is 14.5 Å². The fourth-order valence-corrected chi connectivity index (χ4v) is 3.79. The van der Waals surface area contributed by atoms with Gasteiger partial charge in [0.25, 0.3) is 0 Å². The van der Waals surface area contributed by atoms with E-state index in [0.29, 0.717) is 26.1 Å². The van der Waals surface area contributed by atoms with Crippen molar-refractivity contribution in [2.45, 2.75) is 25.4 Å². The lowest BCUT2D eigenvalue weighted by molar-refractivity contribution is -0.137. The highest BCUT2D eigenvalue weighted by molar-refractivity contribution is 6.00. The van der Waals surface area contributed by atoms with Gasteiger partial charge in [-0.2, -0.15) is 0 Å². The van der Waals surface area contributed by atoms with Crippen LogP contribution in [-0.4, -0.2) is 47.4 Å². The highest BCUT2D eigenvalue weighted by Gasteiger charge is 2.38. The maximum atomic E-state index is 12.9. The van der Waals surface area contributed by atoms with Crippen LogP contribution in [-0.2, 0) is 9.59 Å². The molecule has 0 aliphatic carbocycles. The van der Waals surface area contributed by atoms with Gasteiger partial charge in [0, 0.05) is 50.8 Å². The number of hydrogen-bond acceptors (Lipinski definition) is 4. The molecule has 27 heavy (non-hydrogen) atoms. The van der Waals surface area contributed by atoms with E-state index < -0.39 is 0 Å². The predicted molar refractivity (Wildman–Crippen MR) is 101 cm³/mol.